The van der Waals surface area contributed by atoms with Crippen LogP contribution in [0.3, 0.4) is 0 Å². The molecule has 0 radical (unpaired) electrons. The van der Waals surface area contributed by atoms with Crippen LogP contribution in [0.5, 0.6) is 0 Å². The zero-order valence-electron chi connectivity index (χ0n) is 13.6. The molecule has 6 nitrogen and oxygen atoms in total. The Morgan fingerprint density at radius 2 is 1.92 bits per heavy atom. The third-order valence-corrected chi connectivity index (χ3v) is 4.21. The average molecular weight is 346 g/mol. The van der Waals surface area contributed by atoms with Crippen LogP contribution in [0.15, 0.2) is 18.5 Å². The number of likely N-dealkylation sites (tertiary alicyclic amines) is 1. The SMILES string of the molecule is CC(C)C(=O)N1CCC(C(=O)NCC(F)(F)F)(n2cccn2)CC1. The molecule has 0 aromatic carbocycles. The zero-order valence-corrected chi connectivity index (χ0v) is 13.6. The number of nitrogens with one attached hydrogen (secondary N) is 1. The van der Waals surface area contributed by atoms with Crippen LogP contribution in [0, 0.1) is 5.92 Å². The van der Waals surface area contributed by atoms with Gasteiger partial charge in [-0.05, 0) is 18.9 Å². The lowest BCUT2D eigenvalue weighted by atomic mass is 9.86. The summed E-state index contributed by atoms with van der Waals surface area (Å²) in [6.07, 6.45) is -1.000. The summed E-state index contributed by atoms with van der Waals surface area (Å²) in [6.45, 7) is 2.79. The van der Waals surface area contributed by atoms with Crippen LogP contribution in [0.2, 0.25) is 0 Å². The van der Waals surface area contributed by atoms with Crippen LogP contribution in [-0.2, 0) is 15.1 Å². The monoisotopic (exact) mass is 346 g/mol. The van der Waals surface area contributed by atoms with E-state index in [4.69, 9.17) is 0 Å². The molecule has 24 heavy (non-hydrogen) atoms. The van der Waals surface area contributed by atoms with Crippen LogP contribution in [0.25, 0.3) is 0 Å². The van der Waals surface area contributed by atoms with Crippen molar-refractivity contribution in [2.45, 2.75) is 38.4 Å². The molecule has 9 heteroatoms. The first kappa shape index (κ1) is 18.3. The van der Waals surface area contributed by atoms with Crippen LogP contribution in [-0.4, -0.2) is 52.3 Å². The number of carbonyl (C=O) groups excluding carboxylic acids is 2. The molecule has 0 saturated carbocycles. The lowest BCUT2D eigenvalue weighted by molar-refractivity contribution is -0.148. The second-order valence-corrected chi connectivity index (χ2v) is 6.26. The lowest BCUT2D eigenvalue weighted by Crippen LogP contribution is -2.57. The standard InChI is InChI=1S/C15H21F3N4O2/c1-11(2)12(23)21-8-4-14(5-9-21,22-7-3-6-20-22)13(24)19-10-15(16,17)18/h3,6-7,11H,4-5,8-10H2,1-2H3,(H,19,24). The van der Waals surface area contributed by atoms with Gasteiger partial charge in [0.1, 0.15) is 12.1 Å². The Balaban J connectivity index is 2.16. The Kier molecular flexibility index (Phi) is 5.19. The Bertz CT molecular complexity index is 576. The van der Waals surface area contributed by atoms with Crippen molar-refractivity contribution in [2.75, 3.05) is 19.6 Å². The van der Waals surface area contributed by atoms with Gasteiger partial charge < -0.3 is 10.2 Å². The molecule has 0 unspecified atom stereocenters. The van der Waals surface area contributed by atoms with E-state index >= 15 is 0 Å². The van der Waals surface area contributed by atoms with Gasteiger partial charge in [-0.2, -0.15) is 18.3 Å². The highest BCUT2D eigenvalue weighted by molar-refractivity contribution is 5.85. The van der Waals surface area contributed by atoms with Crippen molar-refractivity contribution in [3.63, 3.8) is 0 Å². The van der Waals surface area contributed by atoms with Crippen LogP contribution in [0.1, 0.15) is 26.7 Å². The molecule has 0 aliphatic carbocycles. The Labute approximate surface area is 138 Å². The van der Waals surface area contributed by atoms with E-state index in [2.05, 4.69) is 5.10 Å². The Hall–Kier alpha value is -2.06. The maximum atomic E-state index is 12.5. The molecule has 1 aromatic rings. The van der Waals surface area contributed by atoms with Gasteiger partial charge in [-0.3, -0.25) is 14.3 Å². The summed E-state index contributed by atoms with van der Waals surface area (Å²) < 4.78 is 38.6. The number of carbonyl (C=O) groups is 2. The molecule has 0 atom stereocenters. The quantitative estimate of drug-likeness (QED) is 0.899. The van der Waals surface area contributed by atoms with E-state index < -0.39 is 24.2 Å². The first-order valence-corrected chi connectivity index (χ1v) is 7.80. The van der Waals surface area contributed by atoms with E-state index in [9.17, 15) is 22.8 Å². The smallest absolute Gasteiger partial charge is 0.345 e. The van der Waals surface area contributed by atoms with Gasteiger partial charge in [-0.1, -0.05) is 13.8 Å². The maximum Gasteiger partial charge on any atom is 0.405 e. The molecule has 1 aromatic heterocycles. The van der Waals surface area contributed by atoms with Gasteiger partial charge >= 0.3 is 6.18 Å². The molecule has 0 bridgehead atoms. The number of hydrogen-bond donors (Lipinski definition) is 1. The van der Waals surface area contributed by atoms with E-state index in [1.165, 1.54) is 10.9 Å². The number of hydrogen-bond acceptors (Lipinski definition) is 3. The molecule has 1 aliphatic heterocycles. The highest BCUT2D eigenvalue weighted by Crippen LogP contribution is 2.31. The molecule has 1 saturated heterocycles. The third kappa shape index (κ3) is 3.88. The number of aromatic nitrogens is 2. The predicted molar refractivity (Wildman–Crippen MR) is 79.9 cm³/mol. The number of alkyl halides is 3. The molecular formula is C15H21F3N4O2. The Morgan fingerprint density at radius 3 is 2.38 bits per heavy atom. The van der Waals surface area contributed by atoms with Gasteiger partial charge in [-0.15, -0.1) is 0 Å². The largest absolute Gasteiger partial charge is 0.405 e. The fourth-order valence-electron chi connectivity index (χ4n) is 2.89. The number of amides is 2. The molecule has 1 fully saturated rings. The summed E-state index contributed by atoms with van der Waals surface area (Å²) >= 11 is 0. The summed E-state index contributed by atoms with van der Waals surface area (Å²) in [5.41, 5.74) is -1.21. The highest BCUT2D eigenvalue weighted by Gasteiger charge is 2.45. The van der Waals surface area contributed by atoms with Crippen LogP contribution < -0.4 is 5.32 Å². The van der Waals surface area contributed by atoms with Gasteiger partial charge in [0.15, 0.2) is 0 Å². The highest BCUT2D eigenvalue weighted by atomic mass is 19.4. The molecular weight excluding hydrogens is 325 g/mol. The van der Waals surface area contributed by atoms with Crippen LogP contribution in [0.4, 0.5) is 13.2 Å². The number of halogens is 3. The summed E-state index contributed by atoms with van der Waals surface area (Å²) in [4.78, 5) is 26.2. The van der Waals surface area contributed by atoms with Crippen molar-refractivity contribution in [1.82, 2.24) is 20.0 Å². The van der Waals surface area contributed by atoms with Crippen LogP contribution >= 0.6 is 0 Å². The second kappa shape index (κ2) is 6.82. The molecule has 134 valence electrons. The Morgan fingerprint density at radius 1 is 1.29 bits per heavy atom. The minimum atomic E-state index is -4.48. The minimum Gasteiger partial charge on any atom is -0.345 e. The fraction of sp³-hybridized carbons (Fsp3) is 0.667. The molecule has 0 spiro atoms. The van der Waals surface area contributed by atoms with E-state index in [0.29, 0.717) is 13.1 Å². The minimum absolute atomic E-state index is 0.0280. The summed E-state index contributed by atoms with van der Waals surface area (Å²) in [7, 11) is 0. The molecule has 2 rings (SSSR count). The predicted octanol–water partition coefficient (Wildman–Crippen LogP) is 1.54. The summed E-state index contributed by atoms with van der Waals surface area (Å²) in [5.74, 6) is -0.916. The van der Waals surface area contributed by atoms with E-state index in [1.54, 1.807) is 31.0 Å². The van der Waals surface area contributed by atoms with Crippen molar-refractivity contribution in [3.8, 4) is 0 Å². The second-order valence-electron chi connectivity index (χ2n) is 6.26. The molecule has 2 heterocycles. The zero-order chi connectivity index (χ0) is 18.0. The van der Waals surface area contributed by atoms with Gasteiger partial charge in [-0.25, -0.2) is 0 Å². The number of piperidine rings is 1. The maximum absolute atomic E-state index is 12.5. The van der Waals surface area contributed by atoms with Crippen molar-refractivity contribution in [2.24, 2.45) is 5.92 Å². The summed E-state index contributed by atoms with van der Waals surface area (Å²) in [6, 6.07) is 1.62. The van der Waals surface area contributed by atoms with E-state index in [0.717, 1.165) is 0 Å². The normalized spacial score (nSPS) is 17.8. The van der Waals surface area contributed by atoms with E-state index in [1.807, 2.05) is 5.32 Å². The summed E-state index contributed by atoms with van der Waals surface area (Å²) in [5, 5.41) is 6.01. The van der Waals surface area contributed by atoms with Gasteiger partial charge in [0.2, 0.25) is 11.8 Å². The first-order valence-electron chi connectivity index (χ1n) is 7.80. The number of nitrogens with zero attached hydrogens (tertiary/aromatic N) is 3. The topological polar surface area (TPSA) is 67.2 Å². The fourth-order valence-corrected chi connectivity index (χ4v) is 2.89. The molecule has 2 amide bonds. The number of rotatable bonds is 4. The van der Waals surface area contributed by atoms with Gasteiger partial charge in [0.05, 0.1) is 0 Å². The average Bonchev–Trinajstić information content (AvgIpc) is 3.06. The van der Waals surface area contributed by atoms with Crippen molar-refractivity contribution in [1.29, 1.82) is 0 Å². The van der Waals surface area contributed by atoms with Crippen molar-refractivity contribution < 1.29 is 22.8 Å². The van der Waals surface area contributed by atoms with E-state index in [-0.39, 0.29) is 24.7 Å². The van der Waals surface area contributed by atoms with Crippen molar-refractivity contribution >= 4 is 11.8 Å². The lowest BCUT2D eigenvalue weighted by Gasteiger charge is -2.41. The third-order valence-electron chi connectivity index (χ3n) is 4.21. The van der Waals surface area contributed by atoms with Gasteiger partial charge in [0, 0.05) is 31.4 Å². The molecule has 1 N–H and O–H groups in total. The first-order chi connectivity index (χ1) is 11.2. The van der Waals surface area contributed by atoms with Gasteiger partial charge in [0.25, 0.3) is 0 Å². The van der Waals surface area contributed by atoms with Crippen molar-refractivity contribution in [3.05, 3.63) is 18.5 Å². The molecule has 1 aliphatic rings.